The van der Waals surface area contributed by atoms with Crippen LogP contribution >= 0.6 is 0 Å². The Hall–Kier alpha value is -2.04. The second kappa shape index (κ2) is 5.76. The number of hydrogen-bond donors (Lipinski definition) is 1. The van der Waals surface area contributed by atoms with Crippen molar-refractivity contribution in [3.63, 3.8) is 0 Å². The summed E-state index contributed by atoms with van der Waals surface area (Å²) < 4.78 is 0. The highest BCUT2D eigenvalue weighted by Gasteiger charge is 2.34. The van der Waals surface area contributed by atoms with Crippen LogP contribution in [-0.4, -0.2) is 41.1 Å². The second-order valence-corrected chi connectivity index (χ2v) is 5.77. The first-order chi connectivity index (χ1) is 10.2. The van der Waals surface area contributed by atoms with E-state index in [-0.39, 0.29) is 18.6 Å². The van der Waals surface area contributed by atoms with Gasteiger partial charge < -0.3 is 10.0 Å². The van der Waals surface area contributed by atoms with Gasteiger partial charge in [0.1, 0.15) is 6.54 Å². The summed E-state index contributed by atoms with van der Waals surface area (Å²) >= 11 is 0. The summed E-state index contributed by atoms with van der Waals surface area (Å²) in [4.78, 5) is 27.2. The number of carbonyl (C=O) groups excluding carboxylic acids is 1. The maximum absolute atomic E-state index is 12.8. The maximum Gasteiger partial charge on any atom is 0.325 e. The van der Waals surface area contributed by atoms with Gasteiger partial charge in [-0.1, -0.05) is 31.0 Å². The molecule has 5 nitrogen and oxygen atoms in total. The van der Waals surface area contributed by atoms with Gasteiger partial charge in [0, 0.05) is 18.3 Å². The Labute approximate surface area is 124 Å². The molecule has 2 amide bonds. The normalized spacial score (nSPS) is 17.8. The van der Waals surface area contributed by atoms with Crippen LogP contribution in [0.5, 0.6) is 0 Å². The number of anilines is 1. The molecule has 2 aliphatic rings. The van der Waals surface area contributed by atoms with Crippen LogP contribution in [0.4, 0.5) is 10.5 Å². The molecule has 0 saturated heterocycles. The van der Waals surface area contributed by atoms with E-state index in [0.717, 1.165) is 43.4 Å². The van der Waals surface area contributed by atoms with Crippen LogP contribution in [0.1, 0.15) is 31.2 Å². The fourth-order valence-electron chi connectivity index (χ4n) is 3.41. The predicted molar refractivity (Wildman–Crippen MR) is 79.5 cm³/mol. The zero-order valence-electron chi connectivity index (χ0n) is 12.0. The third-order valence-corrected chi connectivity index (χ3v) is 4.43. The predicted octanol–water partition coefficient (Wildman–Crippen LogP) is 2.50. The summed E-state index contributed by atoms with van der Waals surface area (Å²) in [6, 6.07) is 7.77. The summed E-state index contributed by atoms with van der Waals surface area (Å²) in [6.07, 6.45) is 4.81. The van der Waals surface area contributed by atoms with E-state index in [1.165, 1.54) is 0 Å². The summed E-state index contributed by atoms with van der Waals surface area (Å²) in [5.41, 5.74) is 2.09. The first-order valence-corrected chi connectivity index (χ1v) is 7.54. The lowest BCUT2D eigenvalue weighted by molar-refractivity contribution is -0.138. The van der Waals surface area contributed by atoms with Crippen molar-refractivity contribution in [1.82, 2.24) is 4.90 Å². The van der Waals surface area contributed by atoms with E-state index in [2.05, 4.69) is 0 Å². The number of carboxylic acids is 1. The molecule has 21 heavy (non-hydrogen) atoms. The van der Waals surface area contributed by atoms with Gasteiger partial charge in [-0.15, -0.1) is 0 Å². The molecule has 112 valence electrons. The highest BCUT2D eigenvalue weighted by Crippen LogP contribution is 2.31. The number of carboxylic acid groups (broad SMARTS) is 1. The molecule has 3 rings (SSSR count). The van der Waals surface area contributed by atoms with Crippen LogP contribution in [0.3, 0.4) is 0 Å². The SMILES string of the molecule is O=C(O)CN(C(=O)N1CCc2ccccc21)C1CCCC1. The number of hydrogen-bond acceptors (Lipinski definition) is 2. The number of amides is 2. The Morgan fingerprint density at radius 3 is 2.67 bits per heavy atom. The molecule has 0 spiro atoms. The van der Waals surface area contributed by atoms with E-state index in [1.807, 2.05) is 24.3 Å². The van der Waals surface area contributed by atoms with Crippen LogP contribution in [0.2, 0.25) is 0 Å². The van der Waals surface area contributed by atoms with E-state index >= 15 is 0 Å². The van der Waals surface area contributed by atoms with Gasteiger partial charge in [0.15, 0.2) is 0 Å². The van der Waals surface area contributed by atoms with Crippen molar-refractivity contribution in [2.45, 2.75) is 38.1 Å². The topological polar surface area (TPSA) is 60.9 Å². The minimum atomic E-state index is -0.942. The Kier molecular flexibility index (Phi) is 3.82. The first-order valence-electron chi connectivity index (χ1n) is 7.54. The molecule has 0 unspecified atom stereocenters. The van der Waals surface area contributed by atoms with Crippen molar-refractivity contribution < 1.29 is 14.7 Å². The highest BCUT2D eigenvalue weighted by atomic mass is 16.4. The standard InChI is InChI=1S/C16H20N2O3/c19-15(20)11-18(13-6-2-3-7-13)16(21)17-10-9-12-5-1-4-8-14(12)17/h1,4-5,8,13H,2-3,6-7,9-11H2,(H,19,20). The summed E-state index contributed by atoms with van der Waals surface area (Å²) in [7, 11) is 0. The van der Waals surface area contributed by atoms with Gasteiger partial charge in [0.2, 0.25) is 0 Å². The summed E-state index contributed by atoms with van der Waals surface area (Å²) in [6.45, 7) is 0.434. The zero-order valence-corrected chi connectivity index (χ0v) is 12.0. The summed E-state index contributed by atoms with van der Waals surface area (Å²) in [5.74, 6) is -0.942. The van der Waals surface area contributed by atoms with E-state index in [9.17, 15) is 9.59 Å². The molecule has 1 saturated carbocycles. The van der Waals surface area contributed by atoms with Gasteiger partial charge in [-0.3, -0.25) is 9.69 Å². The molecule has 0 atom stereocenters. The van der Waals surface area contributed by atoms with Crippen molar-refractivity contribution in [3.8, 4) is 0 Å². The van der Waals surface area contributed by atoms with Crippen LogP contribution in [0.15, 0.2) is 24.3 Å². The van der Waals surface area contributed by atoms with Crippen LogP contribution in [-0.2, 0) is 11.2 Å². The van der Waals surface area contributed by atoms with Gasteiger partial charge in [0.05, 0.1) is 0 Å². The molecule has 5 heteroatoms. The number of urea groups is 1. The molecule has 1 aromatic rings. The highest BCUT2D eigenvalue weighted by molar-refractivity contribution is 5.95. The number of carbonyl (C=O) groups is 2. The van der Waals surface area contributed by atoms with Gasteiger partial charge in [-0.2, -0.15) is 0 Å². The van der Waals surface area contributed by atoms with Crippen molar-refractivity contribution in [2.24, 2.45) is 0 Å². The monoisotopic (exact) mass is 288 g/mol. The number of aliphatic carboxylic acids is 1. The van der Waals surface area contributed by atoms with E-state index in [1.54, 1.807) is 9.80 Å². The third kappa shape index (κ3) is 2.73. The fraction of sp³-hybridized carbons (Fsp3) is 0.500. The fourth-order valence-corrected chi connectivity index (χ4v) is 3.41. The van der Waals surface area contributed by atoms with Crippen molar-refractivity contribution in [3.05, 3.63) is 29.8 Å². The third-order valence-electron chi connectivity index (χ3n) is 4.43. The average Bonchev–Trinajstić information content (AvgIpc) is 3.13. The Morgan fingerprint density at radius 2 is 1.95 bits per heavy atom. The molecular formula is C16H20N2O3. The number of benzene rings is 1. The minimum Gasteiger partial charge on any atom is -0.480 e. The van der Waals surface area contributed by atoms with Gasteiger partial charge in [0.25, 0.3) is 0 Å². The number of fused-ring (bicyclic) bond motifs is 1. The molecule has 1 N–H and O–H groups in total. The molecule has 1 heterocycles. The van der Waals surface area contributed by atoms with Crippen LogP contribution < -0.4 is 4.90 Å². The van der Waals surface area contributed by atoms with Gasteiger partial charge in [-0.05, 0) is 30.9 Å². The van der Waals surface area contributed by atoms with E-state index in [0.29, 0.717) is 6.54 Å². The van der Waals surface area contributed by atoms with E-state index in [4.69, 9.17) is 5.11 Å². The molecule has 1 aliphatic heterocycles. The van der Waals surface area contributed by atoms with Crippen LogP contribution in [0.25, 0.3) is 0 Å². The molecule has 0 bridgehead atoms. The molecule has 0 aromatic heterocycles. The molecular weight excluding hydrogens is 268 g/mol. The van der Waals surface area contributed by atoms with Crippen LogP contribution in [0, 0.1) is 0 Å². The lowest BCUT2D eigenvalue weighted by Gasteiger charge is -2.31. The van der Waals surface area contributed by atoms with Crippen molar-refractivity contribution in [2.75, 3.05) is 18.0 Å². The minimum absolute atomic E-state index is 0.0707. The smallest absolute Gasteiger partial charge is 0.325 e. The Bertz CT molecular complexity index is 552. The second-order valence-electron chi connectivity index (χ2n) is 5.77. The lowest BCUT2D eigenvalue weighted by atomic mass is 10.2. The number of nitrogens with zero attached hydrogens (tertiary/aromatic N) is 2. The Morgan fingerprint density at radius 1 is 1.24 bits per heavy atom. The van der Waals surface area contributed by atoms with E-state index < -0.39 is 5.97 Å². The molecule has 1 fully saturated rings. The van der Waals surface area contributed by atoms with Gasteiger partial charge in [-0.25, -0.2) is 4.79 Å². The molecule has 0 radical (unpaired) electrons. The van der Waals surface area contributed by atoms with Crippen molar-refractivity contribution >= 4 is 17.7 Å². The quantitative estimate of drug-likeness (QED) is 0.929. The lowest BCUT2D eigenvalue weighted by Crippen LogP contribution is -2.49. The molecule has 1 aromatic carbocycles. The summed E-state index contributed by atoms with van der Waals surface area (Å²) in [5, 5.41) is 9.12. The molecule has 1 aliphatic carbocycles. The number of para-hydroxylation sites is 1. The Balaban J connectivity index is 1.82. The van der Waals surface area contributed by atoms with Crippen molar-refractivity contribution in [1.29, 1.82) is 0 Å². The zero-order chi connectivity index (χ0) is 14.8. The number of rotatable bonds is 3. The average molecular weight is 288 g/mol. The largest absolute Gasteiger partial charge is 0.480 e. The van der Waals surface area contributed by atoms with Gasteiger partial charge >= 0.3 is 12.0 Å². The first kappa shape index (κ1) is 13.9. The maximum atomic E-state index is 12.8.